The van der Waals surface area contributed by atoms with Crippen molar-refractivity contribution >= 4 is 30.7 Å². The number of imide groups is 1. The summed E-state index contributed by atoms with van der Waals surface area (Å²) in [6, 6.07) is 4.03. The molecule has 0 saturated carbocycles. The second-order valence-corrected chi connectivity index (χ2v) is 7.72. The predicted octanol–water partition coefficient (Wildman–Crippen LogP) is 0.529. The molecule has 1 saturated heterocycles. The Kier molecular flexibility index (Phi) is 6.45. The third-order valence-corrected chi connectivity index (χ3v) is 5.64. The smallest absolute Gasteiger partial charge is 0.526 e. The molecule has 10 heteroatoms. The Morgan fingerprint density at radius 1 is 1.30 bits per heavy atom. The molecule has 2 heterocycles. The standard InChI is InChI=1S/C20H26BN3O6/c1-4-23-8-9-24(19(27)18(23)26)20(28)22-13(3)16(25)11-15-10-14-7-5-6-12(2)17(14)30-21(15)29/h5-7,13,15,29H,4,8-11H2,1-3H3,(H,22,28)/t13-,15+/m0/s1. The first-order valence-electron chi connectivity index (χ1n) is 10.1. The number of likely N-dealkylation sites (N-methyl/N-ethyl adjacent to an activating group) is 1. The number of carbonyl (C=O) groups is 4. The molecule has 2 atom stereocenters. The normalized spacial score (nSPS) is 19.9. The van der Waals surface area contributed by atoms with E-state index in [0.29, 0.717) is 18.7 Å². The zero-order chi connectivity index (χ0) is 22.0. The van der Waals surface area contributed by atoms with Crippen LogP contribution in [0.15, 0.2) is 18.2 Å². The third kappa shape index (κ3) is 4.33. The van der Waals surface area contributed by atoms with Crippen LogP contribution >= 0.6 is 0 Å². The van der Waals surface area contributed by atoms with Gasteiger partial charge in [-0.25, -0.2) is 4.79 Å². The van der Waals surface area contributed by atoms with Crippen LogP contribution in [0.2, 0.25) is 5.82 Å². The zero-order valence-corrected chi connectivity index (χ0v) is 17.4. The molecule has 4 amide bonds. The van der Waals surface area contributed by atoms with Gasteiger partial charge in [0.15, 0.2) is 5.78 Å². The van der Waals surface area contributed by atoms with Crippen LogP contribution in [0, 0.1) is 6.92 Å². The molecule has 1 fully saturated rings. The van der Waals surface area contributed by atoms with E-state index in [2.05, 4.69) is 5.32 Å². The van der Waals surface area contributed by atoms with E-state index >= 15 is 0 Å². The number of hydrogen-bond acceptors (Lipinski definition) is 6. The molecule has 3 rings (SSSR count). The predicted molar refractivity (Wildman–Crippen MR) is 109 cm³/mol. The molecule has 9 nitrogen and oxygen atoms in total. The summed E-state index contributed by atoms with van der Waals surface area (Å²) in [6.07, 6.45) is 0.489. The number of aryl methyl sites for hydroxylation is 1. The Morgan fingerprint density at radius 2 is 2.03 bits per heavy atom. The molecule has 0 bridgehead atoms. The number of ketones is 1. The van der Waals surface area contributed by atoms with Gasteiger partial charge in [0.1, 0.15) is 5.75 Å². The van der Waals surface area contributed by atoms with E-state index in [1.165, 1.54) is 11.8 Å². The minimum Gasteiger partial charge on any atom is -0.536 e. The highest BCUT2D eigenvalue weighted by molar-refractivity contribution is 6.46. The highest BCUT2D eigenvalue weighted by Crippen LogP contribution is 2.35. The van der Waals surface area contributed by atoms with Gasteiger partial charge in [0.2, 0.25) is 0 Å². The summed E-state index contributed by atoms with van der Waals surface area (Å²) in [5, 5.41) is 12.8. The number of Topliss-reactive ketones (excluding diaryl/α,β-unsaturated/α-hetero) is 1. The summed E-state index contributed by atoms with van der Waals surface area (Å²) < 4.78 is 5.60. The van der Waals surface area contributed by atoms with Gasteiger partial charge in [-0.2, -0.15) is 0 Å². The van der Waals surface area contributed by atoms with Gasteiger partial charge in [-0.3, -0.25) is 19.3 Å². The SMILES string of the molecule is CCN1CCN(C(=O)N[C@@H](C)C(=O)C[C@H]2Cc3cccc(C)c3OB2O)C(=O)C1=O. The number of nitrogens with one attached hydrogen (secondary N) is 1. The van der Waals surface area contributed by atoms with E-state index < -0.39 is 36.8 Å². The number of nitrogens with zero attached hydrogens (tertiary/aromatic N) is 2. The number of para-hydroxylation sites is 1. The zero-order valence-electron chi connectivity index (χ0n) is 17.4. The van der Waals surface area contributed by atoms with Crippen LogP contribution in [0.5, 0.6) is 5.75 Å². The van der Waals surface area contributed by atoms with E-state index in [0.717, 1.165) is 16.0 Å². The second kappa shape index (κ2) is 8.87. The quantitative estimate of drug-likeness (QED) is 0.536. The van der Waals surface area contributed by atoms with Gasteiger partial charge in [-0.05, 0) is 38.3 Å². The first-order valence-corrected chi connectivity index (χ1v) is 10.1. The van der Waals surface area contributed by atoms with Crippen LogP contribution in [-0.2, 0) is 20.8 Å². The molecule has 0 unspecified atom stereocenters. The summed E-state index contributed by atoms with van der Waals surface area (Å²) in [4.78, 5) is 51.3. The summed E-state index contributed by atoms with van der Waals surface area (Å²) >= 11 is 0. The Balaban J connectivity index is 1.58. The fourth-order valence-electron chi connectivity index (χ4n) is 3.76. The van der Waals surface area contributed by atoms with Crippen molar-refractivity contribution in [2.45, 2.75) is 45.5 Å². The Hall–Kier alpha value is -2.88. The molecule has 0 aliphatic carbocycles. The minimum absolute atomic E-state index is 0.00643. The van der Waals surface area contributed by atoms with Crippen LogP contribution in [-0.4, -0.2) is 71.2 Å². The molecule has 2 N–H and O–H groups in total. The number of benzene rings is 1. The monoisotopic (exact) mass is 415 g/mol. The van der Waals surface area contributed by atoms with Gasteiger partial charge < -0.3 is 19.9 Å². The molecule has 2 aliphatic rings. The topological polar surface area (TPSA) is 116 Å². The molecular formula is C20H26BN3O6. The van der Waals surface area contributed by atoms with Crippen LogP contribution in [0.1, 0.15) is 31.4 Å². The molecular weight excluding hydrogens is 389 g/mol. The number of rotatable bonds is 5. The van der Waals surface area contributed by atoms with Crippen molar-refractivity contribution in [2.24, 2.45) is 0 Å². The Bertz CT molecular complexity index is 876. The number of piperazine rings is 1. The van der Waals surface area contributed by atoms with Crippen LogP contribution in [0.4, 0.5) is 4.79 Å². The molecule has 0 aromatic heterocycles. The largest absolute Gasteiger partial charge is 0.536 e. The van der Waals surface area contributed by atoms with Crippen molar-refractivity contribution in [2.75, 3.05) is 19.6 Å². The van der Waals surface area contributed by atoms with Crippen molar-refractivity contribution in [1.82, 2.24) is 15.1 Å². The second-order valence-electron chi connectivity index (χ2n) is 7.72. The molecule has 160 valence electrons. The third-order valence-electron chi connectivity index (χ3n) is 5.64. The van der Waals surface area contributed by atoms with Gasteiger partial charge in [0.25, 0.3) is 0 Å². The van der Waals surface area contributed by atoms with Crippen molar-refractivity contribution in [3.8, 4) is 5.75 Å². The summed E-state index contributed by atoms with van der Waals surface area (Å²) in [6.45, 7) is 5.90. The molecule has 0 spiro atoms. The Morgan fingerprint density at radius 3 is 2.73 bits per heavy atom. The van der Waals surface area contributed by atoms with E-state index in [1.807, 2.05) is 25.1 Å². The summed E-state index contributed by atoms with van der Waals surface area (Å²) in [7, 11) is -1.12. The lowest BCUT2D eigenvalue weighted by Gasteiger charge is -2.32. The van der Waals surface area contributed by atoms with Gasteiger partial charge in [-0.15, -0.1) is 0 Å². The van der Waals surface area contributed by atoms with Gasteiger partial charge in [0, 0.05) is 31.9 Å². The first-order chi connectivity index (χ1) is 14.2. The maximum atomic E-state index is 12.6. The highest BCUT2D eigenvalue weighted by atomic mass is 16.5. The summed E-state index contributed by atoms with van der Waals surface area (Å²) in [5.74, 6) is -1.72. The van der Waals surface area contributed by atoms with E-state index in [-0.39, 0.29) is 25.3 Å². The van der Waals surface area contributed by atoms with Crippen molar-refractivity contribution in [3.05, 3.63) is 29.3 Å². The fraction of sp³-hybridized carbons (Fsp3) is 0.500. The minimum atomic E-state index is -1.12. The lowest BCUT2D eigenvalue weighted by molar-refractivity contribution is -0.153. The molecule has 0 radical (unpaired) electrons. The van der Waals surface area contributed by atoms with Gasteiger partial charge >= 0.3 is 25.0 Å². The first kappa shape index (κ1) is 21.8. The molecule has 1 aromatic carbocycles. The van der Waals surface area contributed by atoms with Crippen molar-refractivity contribution in [1.29, 1.82) is 0 Å². The van der Waals surface area contributed by atoms with Crippen molar-refractivity contribution < 1.29 is 28.9 Å². The van der Waals surface area contributed by atoms with E-state index in [4.69, 9.17) is 4.65 Å². The number of urea groups is 1. The summed E-state index contributed by atoms with van der Waals surface area (Å²) in [5.41, 5.74) is 1.84. The highest BCUT2D eigenvalue weighted by Gasteiger charge is 2.39. The average molecular weight is 415 g/mol. The maximum absolute atomic E-state index is 12.6. The number of fused-ring (bicyclic) bond motifs is 1. The average Bonchev–Trinajstić information content (AvgIpc) is 2.71. The molecule has 2 aliphatic heterocycles. The maximum Gasteiger partial charge on any atom is 0.526 e. The molecule has 30 heavy (non-hydrogen) atoms. The Labute approximate surface area is 175 Å². The molecule has 1 aromatic rings. The van der Waals surface area contributed by atoms with E-state index in [1.54, 1.807) is 6.92 Å². The van der Waals surface area contributed by atoms with E-state index in [9.17, 15) is 24.2 Å². The van der Waals surface area contributed by atoms with Gasteiger partial charge in [-0.1, -0.05) is 18.2 Å². The number of amides is 4. The number of hydrogen-bond donors (Lipinski definition) is 2. The van der Waals surface area contributed by atoms with Crippen LogP contribution in [0.3, 0.4) is 0 Å². The van der Waals surface area contributed by atoms with Crippen molar-refractivity contribution in [3.63, 3.8) is 0 Å². The van der Waals surface area contributed by atoms with Crippen LogP contribution in [0.25, 0.3) is 0 Å². The van der Waals surface area contributed by atoms with Gasteiger partial charge in [0.05, 0.1) is 6.04 Å². The lowest BCUT2D eigenvalue weighted by atomic mass is 9.64. The lowest BCUT2D eigenvalue weighted by Crippen LogP contribution is -2.59. The number of carbonyl (C=O) groups excluding carboxylic acids is 4. The van der Waals surface area contributed by atoms with Crippen LogP contribution < -0.4 is 9.97 Å². The fourth-order valence-corrected chi connectivity index (χ4v) is 3.76.